The number of rotatable bonds is 1. The van der Waals surface area contributed by atoms with E-state index in [9.17, 15) is 0 Å². The minimum atomic E-state index is -1.75. The van der Waals surface area contributed by atoms with Crippen LogP contribution < -0.4 is 3.71 Å². The molecule has 1 rings (SSSR count). The van der Waals surface area contributed by atoms with E-state index in [-0.39, 0.29) is 0 Å². The molecule has 1 aromatic rings. The van der Waals surface area contributed by atoms with E-state index < -0.39 is 18.4 Å². The van der Waals surface area contributed by atoms with Crippen molar-refractivity contribution in [2.45, 2.75) is 14.8 Å². The van der Waals surface area contributed by atoms with Crippen LogP contribution in [0.1, 0.15) is 0 Å². The zero-order valence-corrected chi connectivity index (χ0v) is 9.68. The second-order valence-corrected chi connectivity index (χ2v) is 18.1. The van der Waals surface area contributed by atoms with Crippen LogP contribution >= 0.6 is 11.3 Å². The van der Waals surface area contributed by atoms with Crippen molar-refractivity contribution in [2.24, 2.45) is 0 Å². The average Bonchev–Trinajstić information content (AvgIpc) is 2.08. The van der Waals surface area contributed by atoms with Gasteiger partial charge in [-0.25, -0.2) is 0 Å². The summed E-state index contributed by atoms with van der Waals surface area (Å²) in [4.78, 5) is 11.4. The van der Waals surface area contributed by atoms with Crippen molar-refractivity contribution in [3.63, 3.8) is 0 Å². The summed E-state index contributed by atoms with van der Waals surface area (Å²) in [5, 5.41) is 2.19. The van der Waals surface area contributed by atoms with Crippen LogP contribution in [-0.2, 0) is 0 Å². The van der Waals surface area contributed by atoms with Crippen molar-refractivity contribution in [3.05, 3.63) is 10.9 Å². The first-order chi connectivity index (χ1) is 4.11. The van der Waals surface area contributed by atoms with Crippen molar-refractivity contribution in [3.8, 4) is 0 Å². The average molecular weight is 248 g/mol. The molecule has 0 saturated carbocycles. The van der Waals surface area contributed by atoms with E-state index in [0.29, 0.717) is 0 Å². The fraction of sp³-hybridized carbons (Fsp3) is 0.500. The predicted molar refractivity (Wildman–Crippen MR) is 45.1 cm³/mol. The van der Waals surface area contributed by atoms with E-state index in [1.165, 1.54) is 3.71 Å². The Balaban J connectivity index is 2.90. The van der Waals surface area contributed by atoms with Gasteiger partial charge in [0, 0.05) is 0 Å². The summed E-state index contributed by atoms with van der Waals surface area (Å²) >= 11 is -0.0416. The van der Waals surface area contributed by atoms with Gasteiger partial charge < -0.3 is 0 Å². The maximum atomic E-state index is 4.30. The van der Waals surface area contributed by atoms with Crippen LogP contribution in [-0.4, -0.2) is 23.4 Å². The summed E-state index contributed by atoms with van der Waals surface area (Å²) in [5.74, 6) is 0. The number of nitrogens with zero attached hydrogens (tertiary/aromatic N) is 1. The summed E-state index contributed by atoms with van der Waals surface area (Å²) in [6, 6.07) is 0. The second kappa shape index (κ2) is 2.58. The first-order valence-electron chi connectivity index (χ1n) is 2.99. The molecule has 1 heterocycles. The molecule has 0 N–H and O–H groups in total. The van der Waals surface area contributed by atoms with Gasteiger partial charge in [-0.05, 0) is 0 Å². The quantitative estimate of drug-likeness (QED) is 0.689. The number of thiazole rings is 1. The summed E-state index contributed by atoms with van der Waals surface area (Å²) < 4.78 is 1.40. The van der Waals surface area contributed by atoms with Gasteiger partial charge in [-0.3, -0.25) is 0 Å². The van der Waals surface area contributed by atoms with E-state index in [0.717, 1.165) is 0 Å². The number of hydrogen-bond donors (Lipinski definition) is 0. The Bertz CT molecular complexity index is 175. The molecule has 0 saturated heterocycles. The summed E-state index contributed by atoms with van der Waals surface area (Å²) in [6.45, 7) is 0. The molecule has 1 nitrogen and oxygen atoms in total. The first-order valence-corrected chi connectivity index (χ1v) is 13.9. The van der Waals surface area contributed by atoms with Gasteiger partial charge in [-0.15, -0.1) is 0 Å². The summed E-state index contributed by atoms with van der Waals surface area (Å²) in [7, 11) is 0. The molecule has 0 aromatic carbocycles. The minimum absolute atomic E-state index is 1.40. The fourth-order valence-electron chi connectivity index (χ4n) is 0.583. The molecule has 0 fully saturated rings. The Kier molecular flexibility index (Phi) is 2.16. The zero-order valence-electron chi connectivity index (χ0n) is 6.01. The number of aromatic nitrogens is 1. The molecule has 0 aliphatic heterocycles. The Morgan fingerprint density at radius 1 is 1.44 bits per heavy atom. The molecule has 0 amide bonds. The summed E-state index contributed by atoms with van der Waals surface area (Å²) in [6.07, 6.45) is 0. The zero-order chi connectivity index (χ0) is 6.91. The summed E-state index contributed by atoms with van der Waals surface area (Å²) in [5.41, 5.74) is 1.93. The van der Waals surface area contributed by atoms with E-state index in [1.807, 2.05) is 5.51 Å². The standard InChI is InChI=1S/C3H2NS.3CH3.Sn/c1-2-5-3-4-1;;;;/h2-3H;3*1H3;. The molecule has 9 heavy (non-hydrogen) atoms. The molecule has 0 atom stereocenters. The van der Waals surface area contributed by atoms with Crippen LogP contribution in [0.4, 0.5) is 0 Å². The van der Waals surface area contributed by atoms with Gasteiger partial charge in [0.2, 0.25) is 0 Å². The fourth-order valence-corrected chi connectivity index (χ4v) is 6.53. The van der Waals surface area contributed by atoms with Crippen LogP contribution in [0.15, 0.2) is 10.9 Å². The molecular formula is C6H11NSSn. The topological polar surface area (TPSA) is 12.9 Å². The van der Waals surface area contributed by atoms with Gasteiger partial charge in [-0.1, -0.05) is 0 Å². The van der Waals surface area contributed by atoms with Crippen LogP contribution in [0.3, 0.4) is 0 Å². The van der Waals surface area contributed by atoms with Crippen molar-refractivity contribution < 1.29 is 0 Å². The van der Waals surface area contributed by atoms with Gasteiger partial charge >= 0.3 is 64.1 Å². The molecule has 1 aromatic heterocycles. The Hall–Kier alpha value is 0.429. The second-order valence-electron chi connectivity index (χ2n) is 3.12. The first kappa shape index (κ1) is 7.53. The van der Waals surface area contributed by atoms with Gasteiger partial charge in [0.1, 0.15) is 0 Å². The Morgan fingerprint density at radius 3 is 2.33 bits per heavy atom. The molecule has 0 spiro atoms. The molecule has 0 bridgehead atoms. The van der Waals surface area contributed by atoms with Crippen molar-refractivity contribution in [1.29, 1.82) is 0 Å². The molecule has 3 heteroatoms. The molecule has 50 valence electrons. The van der Waals surface area contributed by atoms with Gasteiger partial charge in [-0.2, -0.15) is 0 Å². The van der Waals surface area contributed by atoms with Crippen molar-refractivity contribution >= 4 is 33.4 Å². The van der Waals surface area contributed by atoms with Gasteiger partial charge in [0.25, 0.3) is 0 Å². The molecule has 0 aliphatic carbocycles. The SMILES string of the molecule is [CH3][Sn]([CH3])([CH3])[c]1cscn1. The van der Waals surface area contributed by atoms with Crippen LogP contribution in [0, 0.1) is 0 Å². The van der Waals surface area contributed by atoms with Gasteiger partial charge in [0.15, 0.2) is 0 Å². The van der Waals surface area contributed by atoms with Crippen LogP contribution in [0.5, 0.6) is 0 Å². The number of hydrogen-bond acceptors (Lipinski definition) is 2. The van der Waals surface area contributed by atoms with Crippen LogP contribution in [0.2, 0.25) is 14.8 Å². The van der Waals surface area contributed by atoms with Gasteiger partial charge in [0.05, 0.1) is 0 Å². The molecule has 0 radical (unpaired) electrons. The molecular weight excluding hydrogens is 237 g/mol. The molecule has 0 aliphatic rings. The van der Waals surface area contributed by atoms with E-state index >= 15 is 0 Å². The third kappa shape index (κ3) is 1.93. The Labute approximate surface area is 64.0 Å². The van der Waals surface area contributed by atoms with Crippen molar-refractivity contribution in [1.82, 2.24) is 4.98 Å². The predicted octanol–water partition coefficient (Wildman–Crippen LogP) is 1.69. The van der Waals surface area contributed by atoms with Crippen LogP contribution in [0.25, 0.3) is 0 Å². The molecule has 0 unspecified atom stereocenters. The van der Waals surface area contributed by atoms with E-state index in [2.05, 4.69) is 25.2 Å². The monoisotopic (exact) mass is 249 g/mol. The maximum absolute atomic E-state index is 4.30. The van der Waals surface area contributed by atoms with E-state index in [1.54, 1.807) is 11.3 Å². The third-order valence-electron chi connectivity index (χ3n) is 1.20. The normalized spacial score (nSPS) is 11.9. The van der Waals surface area contributed by atoms with Crippen molar-refractivity contribution in [2.75, 3.05) is 0 Å². The third-order valence-corrected chi connectivity index (χ3v) is 7.55. The Morgan fingerprint density at radius 2 is 2.11 bits per heavy atom. The van der Waals surface area contributed by atoms with E-state index in [4.69, 9.17) is 0 Å².